The predicted octanol–water partition coefficient (Wildman–Crippen LogP) is 4.23. The van der Waals surface area contributed by atoms with Crippen LogP contribution in [0.1, 0.15) is 6.92 Å². The number of thioether (sulfide) groups is 1. The summed E-state index contributed by atoms with van der Waals surface area (Å²) < 4.78 is 18.4. The highest BCUT2D eigenvalue weighted by Crippen LogP contribution is 2.33. The number of anilines is 1. The maximum atomic E-state index is 12.8. The van der Waals surface area contributed by atoms with Gasteiger partial charge in [0.05, 0.1) is 22.9 Å². The smallest absolute Gasteiger partial charge is 0.237 e. The van der Waals surface area contributed by atoms with Gasteiger partial charge in [-0.2, -0.15) is 0 Å². The summed E-state index contributed by atoms with van der Waals surface area (Å²) in [5.41, 5.74) is 2.41. The minimum atomic E-state index is -0.369. The van der Waals surface area contributed by atoms with Crippen molar-refractivity contribution in [1.82, 2.24) is 9.55 Å². The van der Waals surface area contributed by atoms with Crippen molar-refractivity contribution in [1.29, 1.82) is 0 Å². The maximum Gasteiger partial charge on any atom is 0.237 e. The SMILES string of the molecule is COCCn1c(SC(C)C(=O)Nc2ccc3c(c2)OCCO3)nc2cc(Cl)ccc21. The number of hydrogen-bond acceptors (Lipinski definition) is 6. The summed E-state index contributed by atoms with van der Waals surface area (Å²) in [7, 11) is 1.66. The van der Waals surface area contributed by atoms with Gasteiger partial charge < -0.3 is 24.1 Å². The van der Waals surface area contributed by atoms with Gasteiger partial charge in [-0.15, -0.1) is 0 Å². The zero-order valence-corrected chi connectivity index (χ0v) is 18.3. The number of rotatable bonds is 7. The molecule has 9 heteroatoms. The summed E-state index contributed by atoms with van der Waals surface area (Å²) in [4.78, 5) is 17.5. The number of ether oxygens (including phenoxy) is 3. The number of fused-ring (bicyclic) bond motifs is 2. The number of aromatic nitrogens is 2. The predicted molar refractivity (Wildman–Crippen MR) is 118 cm³/mol. The zero-order chi connectivity index (χ0) is 21.1. The number of amides is 1. The first-order valence-corrected chi connectivity index (χ1v) is 10.8. The number of nitrogens with zero attached hydrogens (tertiary/aromatic N) is 2. The molecule has 1 atom stereocenters. The van der Waals surface area contributed by atoms with Crippen LogP contribution in [0.3, 0.4) is 0 Å². The molecule has 4 rings (SSSR count). The Kier molecular flexibility index (Phi) is 6.36. The van der Waals surface area contributed by atoms with E-state index in [0.29, 0.717) is 48.6 Å². The van der Waals surface area contributed by atoms with Crippen molar-refractivity contribution >= 4 is 46.0 Å². The van der Waals surface area contributed by atoms with Gasteiger partial charge in [-0.1, -0.05) is 23.4 Å². The first kappa shape index (κ1) is 20.8. The lowest BCUT2D eigenvalue weighted by molar-refractivity contribution is -0.115. The van der Waals surface area contributed by atoms with E-state index < -0.39 is 0 Å². The number of nitrogens with one attached hydrogen (secondary N) is 1. The Balaban J connectivity index is 1.50. The Bertz CT molecular complexity index is 1070. The van der Waals surface area contributed by atoms with Gasteiger partial charge in [-0.25, -0.2) is 4.98 Å². The number of carbonyl (C=O) groups excluding carboxylic acids is 1. The molecule has 7 nitrogen and oxygen atoms in total. The minimum Gasteiger partial charge on any atom is -0.486 e. The van der Waals surface area contributed by atoms with Gasteiger partial charge in [-0.05, 0) is 37.3 Å². The van der Waals surface area contributed by atoms with Crippen molar-refractivity contribution in [3.63, 3.8) is 0 Å². The van der Waals surface area contributed by atoms with Crippen LogP contribution < -0.4 is 14.8 Å². The van der Waals surface area contributed by atoms with Gasteiger partial charge in [0, 0.05) is 30.4 Å². The van der Waals surface area contributed by atoms with Gasteiger partial charge in [0.2, 0.25) is 5.91 Å². The monoisotopic (exact) mass is 447 g/mol. The quantitative estimate of drug-likeness (QED) is 0.546. The molecule has 1 aliphatic heterocycles. The second-order valence-electron chi connectivity index (χ2n) is 6.78. The molecule has 0 spiro atoms. The molecular formula is C21H22ClN3O4S. The lowest BCUT2D eigenvalue weighted by atomic mass is 10.2. The second-order valence-corrected chi connectivity index (χ2v) is 8.52. The Morgan fingerprint density at radius 1 is 1.27 bits per heavy atom. The van der Waals surface area contributed by atoms with Crippen molar-refractivity contribution in [3.8, 4) is 11.5 Å². The van der Waals surface area contributed by atoms with Crippen LogP contribution in [0.2, 0.25) is 5.02 Å². The first-order chi connectivity index (χ1) is 14.5. The highest BCUT2D eigenvalue weighted by Gasteiger charge is 2.21. The second kappa shape index (κ2) is 9.16. The van der Waals surface area contributed by atoms with Crippen LogP contribution in [0.15, 0.2) is 41.6 Å². The molecule has 0 bridgehead atoms. The number of benzene rings is 2. The standard InChI is InChI=1S/C21H22ClN3O4S/c1-13(20(26)23-15-4-6-18-19(12-15)29-10-9-28-18)30-21-24-16-11-14(22)3-5-17(16)25(21)7-8-27-2/h3-6,11-13H,7-10H2,1-2H3,(H,23,26). The van der Waals surface area contributed by atoms with Crippen LogP contribution in [0.4, 0.5) is 5.69 Å². The summed E-state index contributed by atoms with van der Waals surface area (Å²) >= 11 is 7.51. The van der Waals surface area contributed by atoms with E-state index in [9.17, 15) is 4.79 Å². The van der Waals surface area contributed by atoms with E-state index in [1.807, 2.05) is 29.7 Å². The molecule has 0 fully saturated rings. The van der Waals surface area contributed by atoms with Crippen LogP contribution in [0.25, 0.3) is 11.0 Å². The molecule has 30 heavy (non-hydrogen) atoms. The topological polar surface area (TPSA) is 74.6 Å². The van der Waals surface area contributed by atoms with E-state index in [0.717, 1.165) is 16.2 Å². The Labute approximate surface area is 183 Å². The molecule has 2 heterocycles. The molecule has 0 saturated heterocycles. The van der Waals surface area contributed by atoms with Gasteiger partial charge in [0.15, 0.2) is 16.7 Å². The Hall–Kier alpha value is -2.42. The molecule has 0 saturated carbocycles. The Morgan fingerprint density at radius 3 is 2.87 bits per heavy atom. The number of carbonyl (C=O) groups is 1. The molecule has 1 aromatic heterocycles. The average Bonchev–Trinajstić information content (AvgIpc) is 3.07. The van der Waals surface area contributed by atoms with Crippen LogP contribution in [-0.4, -0.2) is 47.6 Å². The van der Waals surface area contributed by atoms with E-state index in [2.05, 4.69) is 10.3 Å². The summed E-state index contributed by atoms with van der Waals surface area (Å²) in [5.74, 6) is 1.20. The van der Waals surface area contributed by atoms with E-state index in [4.69, 9.17) is 25.8 Å². The van der Waals surface area contributed by atoms with Gasteiger partial charge in [0.1, 0.15) is 13.2 Å². The summed E-state index contributed by atoms with van der Waals surface area (Å²) in [6.45, 7) is 4.05. The van der Waals surface area contributed by atoms with Crippen molar-refractivity contribution in [2.45, 2.75) is 23.9 Å². The van der Waals surface area contributed by atoms with Crippen molar-refractivity contribution < 1.29 is 19.0 Å². The number of hydrogen-bond donors (Lipinski definition) is 1. The molecule has 158 valence electrons. The highest BCUT2D eigenvalue weighted by molar-refractivity contribution is 8.00. The Morgan fingerprint density at radius 2 is 2.07 bits per heavy atom. The zero-order valence-electron chi connectivity index (χ0n) is 16.7. The molecular weight excluding hydrogens is 426 g/mol. The minimum absolute atomic E-state index is 0.125. The molecule has 1 unspecified atom stereocenters. The number of methoxy groups -OCH3 is 1. The van der Waals surface area contributed by atoms with Gasteiger partial charge >= 0.3 is 0 Å². The fourth-order valence-corrected chi connectivity index (χ4v) is 4.26. The van der Waals surface area contributed by atoms with Crippen molar-refractivity contribution in [2.24, 2.45) is 0 Å². The lowest BCUT2D eigenvalue weighted by Crippen LogP contribution is -2.23. The largest absolute Gasteiger partial charge is 0.486 e. The molecule has 1 aliphatic rings. The van der Waals surface area contributed by atoms with Crippen molar-refractivity contribution in [2.75, 3.05) is 32.2 Å². The fourth-order valence-electron chi connectivity index (χ4n) is 3.15. The number of imidazole rings is 1. The first-order valence-electron chi connectivity index (χ1n) is 9.57. The average molecular weight is 448 g/mol. The van der Waals surface area contributed by atoms with Crippen LogP contribution in [0.5, 0.6) is 11.5 Å². The summed E-state index contributed by atoms with van der Waals surface area (Å²) in [5, 5.41) is 3.94. The molecule has 3 aromatic rings. The van der Waals surface area contributed by atoms with Crippen LogP contribution >= 0.6 is 23.4 Å². The third kappa shape index (κ3) is 4.50. The molecule has 2 aromatic carbocycles. The summed E-state index contributed by atoms with van der Waals surface area (Å²) in [6, 6.07) is 11.0. The van der Waals surface area contributed by atoms with E-state index in [-0.39, 0.29) is 11.2 Å². The van der Waals surface area contributed by atoms with E-state index in [1.165, 1.54) is 11.8 Å². The van der Waals surface area contributed by atoms with Crippen molar-refractivity contribution in [3.05, 3.63) is 41.4 Å². The highest BCUT2D eigenvalue weighted by atomic mass is 35.5. The van der Waals surface area contributed by atoms with E-state index >= 15 is 0 Å². The molecule has 1 N–H and O–H groups in total. The van der Waals surface area contributed by atoms with Crippen LogP contribution in [-0.2, 0) is 16.1 Å². The third-order valence-corrected chi connectivity index (χ3v) is 5.98. The molecule has 1 amide bonds. The maximum absolute atomic E-state index is 12.8. The van der Waals surface area contributed by atoms with E-state index in [1.54, 1.807) is 25.3 Å². The molecule has 0 radical (unpaired) electrons. The fraction of sp³-hybridized carbons (Fsp3) is 0.333. The molecule has 0 aliphatic carbocycles. The summed E-state index contributed by atoms with van der Waals surface area (Å²) in [6.07, 6.45) is 0. The van der Waals surface area contributed by atoms with Crippen LogP contribution in [0, 0.1) is 0 Å². The van der Waals surface area contributed by atoms with Gasteiger partial charge in [-0.3, -0.25) is 4.79 Å². The normalized spacial score (nSPS) is 14.0. The number of halogens is 1. The lowest BCUT2D eigenvalue weighted by Gasteiger charge is -2.19. The van der Waals surface area contributed by atoms with Gasteiger partial charge in [0.25, 0.3) is 0 Å². The third-order valence-electron chi connectivity index (χ3n) is 4.66.